The van der Waals surface area contributed by atoms with Crippen LogP contribution in [-0.2, 0) is 21.7 Å². The van der Waals surface area contributed by atoms with Gasteiger partial charge in [0.1, 0.15) is 0 Å². The van der Waals surface area contributed by atoms with Gasteiger partial charge in [0.2, 0.25) is 5.91 Å². The summed E-state index contributed by atoms with van der Waals surface area (Å²) in [4.78, 5) is 17.1. The summed E-state index contributed by atoms with van der Waals surface area (Å²) >= 11 is 7.45. The van der Waals surface area contributed by atoms with Crippen LogP contribution in [0.25, 0.3) is 10.2 Å². The van der Waals surface area contributed by atoms with Gasteiger partial charge in [0.05, 0.1) is 20.9 Å². The van der Waals surface area contributed by atoms with Gasteiger partial charge in [-0.2, -0.15) is 4.99 Å². The molecule has 0 N–H and O–H groups in total. The van der Waals surface area contributed by atoms with Gasteiger partial charge in [-0.05, 0) is 43.7 Å². The number of amides is 1. The molecule has 3 aromatic rings. The van der Waals surface area contributed by atoms with E-state index in [2.05, 4.69) is 4.99 Å². The summed E-state index contributed by atoms with van der Waals surface area (Å²) in [7, 11) is -1.68. The van der Waals surface area contributed by atoms with Gasteiger partial charge in [-0.1, -0.05) is 40.6 Å². The SMILES string of the molecule is Cc1ccc(S(=O)(=O)CCC(=O)N=c2sc3cc(Cl)cc(C)c3n2C)cc1. The maximum Gasteiger partial charge on any atom is 0.249 e. The first-order valence-electron chi connectivity index (χ1n) is 8.30. The summed E-state index contributed by atoms with van der Waals surface area (Å²) in [5, 5.41) is 0.629. The Morgan fingerprint density at radius 3 is 2.52 bits per heavy atom. The molecule has 0 bridgehead atoms. The molecule has 142 valence electrons. The lowest BCUT2D eigenvalue weighted by Gasteiger charge is -2.03. The van der Waals surface area contributed by atoms with E-state index < -0.39 is 15.7 Å². The van der Waals surface area contributed by atoms with Crippen molar-refractivity contribution in [3.63, 3.8) is 0 Å². The molecule has 3 rings (SSSR count). The van der Waals surface area contributed by atoms with E-state index in [4.69, 9.17) is 11.6 Å². The number of carbonyl (C=O) groups is 1. The molecule has 27 heavy (non-hydrogen) atoms. The summed E-state index contributed by atoms with van der Waals surface area (Å²) < 4.78 is 27.5. The Balaban J connectivity index is 1.83. The minimum absolute atomic E-state index is 0.163. The van der Waals surface area contributed by atoms with Gasteiger partial charge in [-0.3, -0.25) is 4.79 Å². The van der Waals surface area contributed by atoms with Crippen LogP contribution in [-0.4, -0.2) is 24.6 Å². The van der Waals surface area contributed by atoms with Crippen LogP contribution < -0.4 is 4.80 Å². The van der Waals surface area contributed by atoms with Crippen LogP contribution in [0.4, 0.5) is 0 Å². The molecule has 1 aromatic heterocycles. The number of aromatic nitrogens is 1. The Bertz CT molecular complexity index is 1190. The first-order chi connectivity index (χ1) is 12.7. The molecule has 0 radical (unpaired) electrons. The molecule has 5 nitrogen and oxygen atoms in total. The predicted molar refractivity (Wildman–Crippen MR) is 109 cm³/mol. The number of aryl methyl sites for hydroxylation is 3. The van der Waals surface area contributed by atoms with E-state index >= 15 is 0 Å². The van der Waals surface area contributed by atoms with Gasteiger partial charge in [-0.15, -0.1) is 0 Å². The summed E-state index contributed by atoms with van der Waals surface area (Å²) in [6.07, 6.45) is -0.163. The Hall–Kier alpha value is -1.96. The molecule has 0 saturated carbocycles. The zero-order chi connectivity index (χ0) is 19.8. The third-order valence-corrected chi connectivity index (χ3v) is 7.27. The van der Waals surface area contributed by atoms with Gasteiger partial charge in [0, 0.05) is 18.5 Å². The summed E-state index contributed by atoms with van der Waals surface area (Å²) in [5.41, 5.74) is 2.93. The molecule has 0 aliphatic rings. The highest BCUT2D eigenvalue weighted by Gasteiger charge is 2.16. The van der Waals surface area contributed by atoms with Crippen LogP contribution in [0.1, 0.15) is 17.5 Å². The average Bonchev–Trinajstić information content (AvgIpc) is 2.89. The molecular formula is C19H19ClN2O3S2. The first-order valence-corrected chi connectivity index (χ1v) is 11.1. The molecule has 0 atom stereocenters. The largest absolute Gasteiger partial charge is 0.319 e. The number of hydrogen-bond acceptors (Lipinski definition) is 4. The van der Waals surface area contributed by atoms with Crippen LogP contribution in [0, 0.1) is 13.8 Å². The lowest BCUT2D eigenvalue weighted by atomic mass is 10.2. The quantitative estimate of drug-likeness (QED) is 0.642. The third kappa shape index (κ3) is 4.31. The standard InChI is InChI=1S/C19H19ClN2O3S2/c1-12-4-6-15(7-5-12)27(24,25)9-8-17(23)21-19-22(3)18-13(2)10-14(20)11-16(18)26-19/h4-7,10-11H,8-9H2,1-3H3. The molecule has 0 saturated heterocycles. The van der Waals surface area contributed by atoms with E-state index in [1.807, 2.05) is 37.6 Å². The summed E-state index contributed by atoms with van der Waals surface area (Å²) in [6.45, 7) is 3.83. The Morgan fingerprint density at radius 2 is 1.85 bits per heavy atom. The van der Waals surface area contributed by atoms with Gasteiger partial charge >= 0.3 is 0 Å². The number of thiazole rings is 1. The number of benzene rings is 2. The second kappa shape index (κ2) is 7.58. The van der Waals surface area contributed by atoms with Crippen LogP contribution >= 0.6 is 22.9 Å². The molecular weight excluding hydrogens is 404 g/mol. The fraction of sp³-hybridized carbons (Fsp3) is 0.263. The number of sulfone groups is 1. The number of hydrogen-bond donors (Lipinski definition) is 0. The van der Waals surface area contributed by atoms with E-state index in [1.54, 1.807) is 24.3 Å². The zero-order valence-electron chi connectivity index (χ0n) is 15.2. The van der Waals surface area contributed by atoms with E-state index in [9.17, 15) is 13.2 Å². The van der Waals surface area contributed by atoms with E-state index in [-0.39, 0.29) is 17.1 Å². The smallest absolute Gasteiger partial charge is 0.249 e. The van der Waals surface area contributed by atoms with Gasteiger partial charge in [0.25, 0.3) is 0 Å². The number of rotatable bonds is 4. The van der Waals surface area contributed by atoms with Crippen molar-refractivity contribution in [1.82, 2.24) is 4.57 Å². The zero-order valence-corrected chi connectivity index (χ0v) is 17.6. The number of carbonyl (C=O) groups excluding carboxylic acids is 1. The lowest BCUT2D eigenvalue weighted by Crippen LogP contribution is -2.16. The van der Waals surface area contributed by atoms with E-state index in [1.165, 1.54) is 11.3 Å². The number of halogens is 1. The average molecular weight is 423 g/mol. The van der Waals surface area contributed by atoms with Crippen LogP contribution in [0.15, 0.2) is 46.3 Å². The lowest BCUT2D eigenvalue weighted by molar-refractivity contribution is -0.117. The van der Waals surface area contributed by atoms with E-state index in [0.717, 1.165) is 21.3 Å². The summed E-state index contributed by atoms with van der Waals surface area (Å²) in [5.74, 6) is -0.728. The van der Waals surface area contributed by atoms with Gasteiger partial charge in [0.15, 0.2) is 14.6 Å². The highest BCUT2D eigenvalue weighted by Crippen LogP contribution is 2.25. The minimum Gasteiger partial charge on any atom is -0.319 e. The van der Waals surface area contributed by atoms with Crippen molar-refractivity contribution < 1.29 is 13.2 Å². The van der Waals surface area contributed by atoms with Gasteiger partial charge < -0.3 is 4.57 Å². The van der Waals surface area contributed by atoms with Gasteiger partial charge in [-0.25, -0.2) is 8.42 Å². The normalized spacial score (nSPS) is 12.7. The molecule has 0 spiro atoms. The molecule has 2 aromatic carbocycles. The molecule has 1 amide bonds. The molecule has 0 aliphatic heterocycles. The molecule has 8 heteroatoms. The number of nitrogens with zero attached hydrogens (tertiary/aromatic N) is 2. The first kappa shape index (κ1) is 19.8. The van der Waals surface area contributed by atoms with Crippen molar-refractivity contribution in [2.75, 3.05) is 5.75 Å². The third-order valence-electron chi connectivity index (χ3n) is 4.24. The van der Waals surface area contributed by atoms with Crippen molar-refractivity contribution >= 4 is 48.9 Å². The second-order valence-electron chi connectivity index (χ2n) is 6.40. The predicted octanol–water partition coefficient (Wildman–Crippen LogP) is 3.80. The molecule has 1 heterocycles. The topological polar surface area (TPSA) is 68.5 Å². The Morgan fingerprint density at radius 1 is 1.19 bits per heavy atom. The van der Waals surface area contributed by atoms with Crippen molar-refractivity contribution in [3.8, 4) is 0 Å². The van der Waals surface area contributed by atoms with Crippen molar-refractivity contribution in [2.45, 2.75) is 25.2 Å². The molecule has 0 unspecified atom stereocenters. The highest BCUT2D eigenvalue weighted by atomic mass is 35.5. The maximum absolute atomic E-state index is 12.4. The van der Waals surface area contributed by atoms with Crippen LogP contribution in [0.2, 0.25) is 5.02 Å². The highest BCUT2D eigenvalue weighted by molar-refractivity contribution is 7.91. The Labute approximate surface area is 166 Å². The van der Waals surface area contributed by atoms with E-state index in [0.29, 0.717) is 9.82 Å². The fourth-order valence-electron chi connectivity index (χ4n) is 2.82. The van der Waals surface area contributed by atoms with Crippen molar-refractivity contribution in [2.24, 2.45) is 12.0 Å². The number of fused-ring (bicyclic) bond motifs is 1. The maximum atomic E-state index is 12.4. The van der Waals surface area contributed by atoms with Crippen LogP contribution in [0.3, 0.4) is 0 Å². The molecule has 0 aliphatic carbocycles. The fourth-order valence-corrected chi connectivity index (χ4v) is 5.54. The monoisotopic (exact) mass is 422 g/mol. The Kier molecular flexibility index (Phi) is 5.55. The van der Waals surface area contributed by atoms with Crippen LogP contribution in [0.5, 0.6) is 0 Å². The summed E-state index contributed by atoms with van der Waals surface area (Å²) in [6, 6.07) is 10.3. The minimum atomic E-state index is -3.51. The van der Waals surface area contributed by atoms with Crippen molar-refractivity contribution in [1.29, 1.82) is 0 Å². The van der Waals surface area contributed by atoms with Crippen molar-refractivity contribution in [3.05, 3.63) is 57.3 Å². The second-order valence-corrected chi connectivity index (χ2v) is 9.96. The molecule has 0 fully saturated rings.